The number of aromatic hydroxyl groups is 1. The summed E-state index contributed by atoms with van der Waals surface area (Å²) in [6.07, 6.45) is -9.69. The molecule has 2 nitrogen and oxygen atoms in total. The second kappa shape index (κ2) is 5.43. The molecule has 0 saturated heterocycles. The standard InChI is InChI=1S/C14H8F6O2/c15-13(16,17)12-10(2-1-3-11(12)21)8-4-6-9(7-5-8)22-14(18,19)20/h1-7,21H. The largest absolute Gasteiger partial charge is 0.573 e. The number of alkyl halides is 6. The Hall–Kier alpha value is -2.38. The van der Waals surface area contributed by atoms with E-state index in [1.54, 1.807) is 0 Å². The van der Waals surface area contributed by atoms with Crippen LogP contribution in [0.4, 0.5) is 26.3 Å². The van der Waals surface area contributed by atoms with Crippen molar-refractivity contribution < 1.29 is 36.2 Å². The molecular formula is C14H8F6O2. The SMILES string of the molecule is Oc1cccc(-c2ccc(OC(F)(F)F)cc2)c1C(F)(F)F. The number of phenolic OH excluding ortho intramolecular Hbond substituents is 1. The fourth-order valence-corrected chi connectivity index (χ4v) is 1.91. The molecule has 0 amide bonds. The molecule has 0 aliphatic heterocycles. The van der Waals surface area contributed by atoms with Crippen LogP contribution in [0.1, 0.15) is 5.56 Å². The van der Waals surface area contributed by atoms with E-state index in [1.807, 2.05) is 0 Å². The highest BCUT2D eigenvalue weighted by Crippen LogP contribution is 2.42. The Balaban J connectivity index is 2.43. The third kappa shape index (κ3) is 3.63. The van der Waals surface area contributed by atoms with Gasteiger partial charge in [0.15, 0.2) is 0 Å². The van der Waals surface area contributed by atoms with Crippen LogP contribution in [0.25, 0.3) is 11.1 Å². The number of ether oxygens (including phenoxy) is 1. The van der Waals surface area contributed by atoms with Gasteiger partial charge in [-0.05, 0) is 29.3 Å². The molecule has 8 heteroatoms. The van der Waals surface area contributed by atoms with Crippen molar-refractivity contribution in [1.29, 1.82) is 0 Å². The summed E-state index contributed by atoms with van der Waals surface area (Å²) in [7, 11) is 0. The average molecular weight is 322 g/mol. The van der Waals surface area contributed by atoms with Crippen molar-refractivity contribution in [2.75, 3.05) is 0 Å². The normalized spacial score (nSPS) is 12.3. The van der Waals surface area contributed by atoms with E-state index in [2.05, 4.69) is 4.74 Å². The van der Waals surface area contributed by atoms with Crippen molar-refractivity contribution in [2.45, 2.75) is 12.5 Å². The Morgan fingerprint density at radius 1 is 0.818 bits per heavy atom. The highest BCUT2D eigenvalue weighted by molar-refractivity contribution is 5.71. The molecule has 2 aromatic rings. The number of rotatable bonds is 2. The van der Waals surface area contributed by atoms with Gasteiger partial charge in [0.25, 0.3) is 0 Å². The maximum atomic E-state index is 13.0. The molecular weight excluding hydrogens is 314 g/mol. The van der Waals surface area contributed by atoms with Crippen molar-refractivity contribution in [2.24, 2.45) is 0 Å². The first-order valence-corrected chi connectivity index (χ1v) is 5.83. The number of hydrogen-bond acceptors (Lipinski definition) is 2. The summed E-state index contributed by atoms with van der Waals surface area (Å²) in [6.45, 7) is 0. The molecule has 2 aromatic carbocycles. The zero-order valence-electron chi connectivity index (χ0n) is 10.7. The van der Waals surface area contributed by atoms with Gasteiger partial charge < -0.3 is 9.84 Å². The summed E-state index contributed by atoms with van der Waals surface area (Å²) in [5.74, 6) is -1.51. The fraction of sp³-hybridized carbons (Fsp3) is 0.143. The summed E-state index contributed by atoms with van der Waals surface area (Å²) >= 11 is 0. The van der Waals surface area contributed by atoms with Gasteiger partial charge in [0.05, 0.1) is 0 Å². The molecule has 0 radical (unpaired) electrons. The summed E-state index contributed by atoms with van der Waals surface area (Å²) in [4.78, 5) is 0. The lowest BCUT2D eigenvalue weighted by atomic mass is 9.98. The van der Waals surface area contributed by atoms with Crippen molar-refractivity contribution in [3.63, 3.8) is 0 Å². The van der Waals surface area contributed by atoms with Crippen LogP contribution in [-0.4, -0.2) is 11.5 Å². The summed E-state index contributed by atoms with van der Waals surface area (Å²) in [5.41, 5.74) is -1.59. The molecule has 0 heterocycles. The van der Waals surface area contributed by atoms with Gasteiger partial charge in [-0.25, -0.2) is 0 Å². The van der Waals surface area contributed by atoms with Crippen LogP contribution in [0, 0.1) is 0 Å². The van der Waals surface area contributed by atoms with E-state index in [4.69, 9.17) is 0 Å². The van der Waals surface area contributed by atoms with Crippen LogP contribution < -0.4 is 4.74 Å². The van der Waals surface area contributed by atoms with E-state index in [0.717, 1.165) is 36.4 Å². The molecule has 0 bridgehead atoms. The first kappa shape index (κ1) is 16.0. The third-order valence-electron chi connectivity index (χ3n) is 2.72. The third-order valence-corrected chi connectivity index (χ3v) is 2.72. The topological polar surface area (TPSA) is 29.5 Å². The Morgan fingerprint density at radius 2 is 1.41 bits per heavy atom. The van der Waals surface area contributed by atoms with Crippen LogP contribution >= 0.6 is 0 Å². The lowest BCUT2D eigenvalue weighted by Gasteiger charge is -2.15. The van der Waals surface area contributed by atoms with Gasteiger partial charge in [0.1, 0.15) is 17.1 Å². The molecule has 0 unspecified atom stereocenters. The van der Waals surface area contributed by atoms with Gasteiger partial charge >= 0.3 is 12.5 Å². The summed E-state index contributed by atoms with van der Waals surface area (Å²) in [6, 6.07) is 7.09. The van der Waals surface area contributed by atoms with Crippen molar-refractivity contribution in [3.05, 3.63) is 48.0 Å². The van der Waals surface area contributed by atoms with E-state index >= 15 is 0 Å². The van der Waals surface area contributed by atoms with Crippen molar-refractivity contribution >= 4 is 0 Å². The number of hydrogen-bond donors (Lipinski definition) is 1. The minimum Gasteiger partial charge on any atom is -0.507 e. The Bertz CT molecular complexity index is 659. The Morgan fingerprint density at radius 3 is 1.91 bits per heavy atom. The summed E-state index contributed by atoms with van der Waals surface area (Å²) in [5, 5.41) is 9.40. The van der Waals surface area contributed by atoms with Crippen molar-refractivity contribution in [1.82, 2.24) is 0 Å². The van der Waals surface area contributed by atoms with Crippen LogP contribution in [-0.2, 0) is 6.18 Å². The second-order valence-corrected chi connectivity index (χ2v) is 4.27. The van der Waals surface area contributed by atoms with Gasteiger partial charge in [-0.2, -0.15) is 13.2 Å². The minimum atomic E-state index is -4.89. The highest BCUT2D eigenvalue weighted by atomic mass is 19.4. The fourth-order valence-electron chi connectivity index (χ4n) is 1.91. The van der Waals surface area contributed by atoms with E-state index in [-0.39, 0.29) is 11.1 Å². The zero-order valence-corrected chi connectivity index (χ0v) is 10.7. The van der Waals surface area contributed by atoms with Crippen molar-refractivity contribution in [3.8, 4) is 22.6 Å². The number of benzene rings is 2. The van der Waals surface area contributed by atoms with E-state index < -0.39 is 29.6 Å². The van der Waals surface area contributed by atoms with Crippen LogP contribution in [0.15, 0.2) is 42.5 Å². The molecule has 1 N–H and O–H groups in total. The lowest BCUT2D eigenvalue weighted by molar-refractivity contribution is -0.274. The van der Waals surface area contributed by atoms with Gasteiger partial charge in [-0.3, -0.25) is 0 Å². The summed E-state index contributed by atoms with van der Waals surface area (Å²) < 4.78 is 78.6. The average Bonchev–Trinajstić information content (AvgIpc) is 2.36. The van der Waals surface area contributed by atoms with Crippen LogP contribution in [0.5, 0.6) is 11.5 Å². The van der Waals surface area contributed by atoms with Crippen LogP contribution in [0.3, 0.4) is 0 Å². The molecule has 0 saturated carbocycles. The minimum absolute atomic E-state index is 0.00208. The maximum absolute atomic E-state index is 13.0. The van der Waals surface area contributed by atoms with E-state index in [0.29, 0.717) is 0 Å². The first-order chi connectivity index (χ1) is 10.1. The maximum Gasteiger partial charge on any atom is 0.573 e. The van der Waals surface area contributed by atoms with Gasteiger partial charge in [-0.15, -0.1) is 13.2 Å². The molecule has 0 aliphatic rings. The monoisotopic (exact) mass is 322 g/mol. The molecule has 0 aliphatic carbocycles. The van der Waals surface area contributed by atoms with Gasteiger partial charge in [0.2, 0.25) is 0 Å². The van der Waals surface area contributed by atoms with E-state index in [1.165, 1.54) is 6.07 Å². The molecule has 22 heavy (non-hydrogen) atoms. The molecule has 2 rings (SSSR count). The smallest absolute Gasteiger partial charge is 0.507 e. The second-order valence-electron chi connectivity index (χ2n) is 4.27. The molecule has 0 spiro atoms. The van der Waals surface area contributed by atoms with Gasteiger partial charge in [-0.1, -0.05) is 24.3 Å². The van der Waals surface area contributed by atoms with E-state index in [9.17, 15) is 31.4 Å². The molecule has 0 atom stereocenters. The van der Waals surface area contributed by atoms with Gasteiger partial charge in [0, 0.05) is 0 Å². The first-order valence-electron chi connectivity index (χ1n) is 5.83. The molecule has 0 aromatic heterocycles. The Kier molecular flexibility index (Phi) is 3.95. The molecule has 0 fully saturated rings. The predicted octanol–water partition coefficient (Wildman–Crippen LogP) is 4.98. The number of phenols is 1. The predicted molar refractivity (Wildman–Crippen MR) is 65.2 cm³/mol. The highest BCUT2D eigenvalue weighted by Gasteiger charge is 2.37. The number of halogens is 6. The lowest BCUT2D eigenvalue weighted by Crippen LogP contribution is -2.17. The van der Waals surface area contributed by atoms with Crippen LogP contribution in [0.2, 0.25) is 0 Å². The Labute approximate surface area is 120 Å². The molecule has 118 valence electrons. The zero-order chi connectivity index (χ0) is 16.5. The quantitative estimate of drug-likeness (QED) is 0.791.